The molecular weight excluding hydrogens is 394 g/mol. The molecule has 1 amide bonds. The molecule has 3 aliphatic rings. The van der Waals surface area contributed by atoms with Gasteiger partial charge in [0, 0.05) is 23.0 Å². The smallest absolute Gasteiger partial charge is 0.328 e. The number of nitrogens with zero attached hydrogens (tertiary/aromatic N) is 2. The Bertz CT molecular complexity index is 1100. The summed E-state index contributed by atoms with van der Waals surface area (Å²) in [6.45, 7) is 5.64. The fourth-order valence-electron chi connectivity index (χ4n) is 6.05. The molecule has 7 heteroatoms. The van der Waals surface area contributed by atoms with Crippen molar-refractivity contribution in [2.45, 2.75) is 57.7 Å². The highest BCUT2D eigenvalue weighted by Crippen LogP contribution is 2.56. The number of hydrogen-bond acceptors (Lipinski definition) is 4. The largest absolute Gasteiger partial charge is 0.480 e. The maximum Gasteiger partial charge on any atom is 0.328 e. The van der Waals surface area contributed by atoms with E-state index in [4.69, 9.17) is 0 Å². The van der Waals surface area contributed by atoms with Crippen molar-refractivity contribution in [2.24, 2.45) is 5.41 Å². The highest BCUT2D eigenvalue weighted by molar-refractivity contribution is 6.17. The third kappa shape index (κ3) is 2.87. The Morgan fingerprint density at radius 3 is 2.77 bits per heavy atom. The Kier molecular flexibility index (Phi) is 4.71. The molecule has 4 atom stereocenters. The lowest BCUT2D eigenvalue weighted by Gasteiger charge is -2.53. The van der Waals surface area contributed by atoms with Crippen molar-refractivity contribution in [3.63, 3.8) is 0 Å². The van der Waals surface area contributed by atoms with Crippen molar-refractivity contribution < 1.29 is 19.8 Å². The van der Waals surface area contributed by atoms with Crippen LogP contribution >= 0.6 is 0 Å². The molecule has 2 aromatic rings. The molecule has 0 bridgehead atoms. The highest BCUT2D eigenvalue weighted by Gasteiger charge is 2.51. The van der Waals surface area contributed by atoms with Crippen LogP contribution in [0.5, 0.6) is 0 Å². The van der Waals surface area contributed by atoms with Crippen LogP contribution in [0.2, 0.25) is 0 Å². The van der Waals surface area contributed by atoms with Gasteiger partial charge in [-0.05, 0) is 56.9 Å². The first-order chi connectivity index (χ1) is 14.9. The average Bonchev–Trinajstić information content (AvgIpc) is 3.10. The summed E-state index contributed by atoms with van der Waals surface area (Å²) in [6, 6.07) is 7.03. The molecule has 7 nitrogen and oxygen atoms in total. The number of amides is 1. The number of fused-ring (bicyclic) bond motifs is 3. The van der Waals surface area contributed by atoms with E-state index in [1.807, 2.05) is 18.2 Å². The van der Waals surface area contributed by atoms with E-state index in [9.17, 15) is 19.8 Å². The van der Waals surface area contributed by atoms with Crippen LogP contribution in [0.1, 0.15) is 50.4 Å². The Hall–Kier alpha value is -2.64. The number of aliphatic hydroxyl groups excluding tert-OH is 1. The van der Waals surface area contributed by atoms with Gasteiger partial charge < -0.3 is 20.1 Å². The number of hydrogen-bond donors (Lipinski definition) is 3. The lowest BCUT2D eigenvalue weighted by molar-refractivity contribution is -0.144. The Balaban J connectivity index is 1.72. The number of nitrogens with one attached hydrogen (secondary N) is 1. The van der Waals surface area contributed by atoms with Gasteiger partial charge in [-0.1, -0.05) is 25.1 Å². The second kappa shape index (κ2) is 7.21. The van der Waals surface area contributed by atoms with E-state index in [2.05, 4.69) is 33.8 Å². The molecule has 4 heterocycles. The van der Waals surface area contributed by atoms with Gasteiger partial charge in [-0.2, -0.15) is 0 Å². The topological polar surface area (TPSA) is 94.8 Å². The van der Waals surface area contributed by atoms with Crippen molar-refractivity contribution in [2.75, 3.05) is 13.1 Å². The zero-order valence-corrected chi connectivity index (χ0v) is 18.0. The molecule has 3 aliphatic heterocycles. The van der Waals surface area contributed by atoms with E-state index in [-0.39, 0.29) is 11.5 Å². The van der Waals surface area contributed by atoms with E-state index in [1.165, 1.54) is 23.6 Å². The predicted molar refractivity (Wildman–Crippen MR) is 117 cm³/mol. The third-order valence-corrected chi connectivity index (χ3v) is 7.52. The molecule has 0 aliphatic carbocycles. The molecular formula is C24H29N3O4. The Morgan fingerprint density at radius 2 is 2.06 bits per heavy atom. The molecule has 1 aromatic heterocycles. The summed E-state index contributed by atoms with van der Waals surface area (Å²) in [5.74, 6) is -1.70. The Morgan fingerprint density at radius 1 is 1.29 bits per heavy atom. The van der Waals surface area contributed by atoms with Gasteiger partial charge in [-0.3, -0.25) is 9.69 Å². The summed E-state index contributed by atoms with van der Waals surface area (Å²) >= 11 is 0. The minimum atomic E-state index is -1.36. The summed E-state index contributed by atoms with van der Waals surface area (Å²) in [7, 11) is 0. The van der Waals surface area contributed by atoms with Crippen LogP contribution in [0, 0.1) is 5.41 Å². The van der Waals surface area contributed by atoms with Crippen LogP contribution in [0.25, 0.3) is 16.6 Å². The molecule has 0 radical (unpaired) electrons. The summed E-state index contributed by atoms with van der Waals surface area (Å²) in [6.07, 6.45) is 4.83. The monoisotopic (exact) mass is 423 g/mol. The van der Waals surface area contributed by atoms with Crippen molar-refractivity contribution in [3.8, 4) is 0 Å². The number of carboxylic acid groups (broad SMARTS) is 1. The first kappa shape index (κ1) is 20.3. The van der Waals surface area contributed by atoms with Crippen molar-refractivity contribution in [1.29, 1.82) is 0 Å². The standard InChI is InChI=1S/C24H29N3O4/c1-3-24-10-6-11-26-12-9-16-15-7-4-5-8-17(15)27(20(16)21(24)26)18(13-24)22(29)25-19(14(2)28)23(30)31/h4-5,7-8,13-14,19,21,28H,3,6,9-12H2,1-2H3,(H,25,29)(H,30,31)/t14?,19-,21+,24-/m0/s1. The fraction of sp³-hybridized carbons (Fsp3) is 0.500. The van der Waals surface area contributed by atoms with Gasteiger partial charge in [0.25, 0.3) is 5.91 Å². The van der Waals surface area contributed by atoms with Gasteiger partial charge in [-0.25, -0.2) is 4.79 Å². The molecule has 31 heavy (non-hydrogen) atoms. The van der Waals surface area contributed by atoms with E-state index in [1.54, 1.807) is 0 Å². The normalized spacial score (nSPS) is 26.7. The number of carboxylic acids is 1. The molecule has 1 fully saturated rings. The number of rotatable bonds is 5. The lowest BCUT2D eigenvalue weighted by atomic mass is 9.66. The van der Waals surface area contributed by atoms with Gasteiger partial charge in [0.1, 0.15) is 5.70 Å². The molecule has 3 N–H and O–H groups in total. The highest BCUT2D eigenvalue weighted by atomic mass is 16.4. The second-order valence-corrected chi connectivity index (χ2v) is 9.15. The van der Waals surface area contributed by atoms with E-state index in [0.717, 1.165) is 44.3 Å². The maximum absolute atomic E-state index is 13.5. The van der Waals surface area contributed by atoms with Crippen molar-refractivity contribution >= 4 is 28.5 Å². The number of benzene rings is 1. The van der Waals surface area contributed by atoms with Gasteiger partial charge in [0.2, 0.25) is 0 Å². The van der Waals surface area contributed by atoms with Gasteiger partial charge >= 0.3 is 5.97 Å². The number of carbonyl (C=O) groups excluding carboxylic acids is 1. The molecule has 164 valence electrons. The van der Waals surface area contributed by atoms with Crippen LogP contribution in [0.4, 0.5) is 0 Å². The lowest BCUT2D eigenvalue weighted by Crippen LogP contribution is -2.53. The average molecular weight is 424 g/mol. The quantitative estimate of drug-likeness (QED) is 0.687. The zero-order valence-electron chi connectivity index (χ0n) is 18.0. The van der Waals surface area contributed by atoms with Gasteiger partial charge in [0.15, 0.2) is 6.04 Å². The summed E-state index contributed by atoms with van der Waals surface area (Å²) < 4.78 is 2.05. The van der Waals surface area contributed by atoms with E-state index < -0.39 is 24.0 Å². The van der Waals surface area contributed by atoms with E-state index >= 15 is 0 Å². The van der Waals surface area contributed by atoms with Gasteiger partial charge in [0.05, 0.1) is 17.7 Å². The number of carbonyl (C=O) groups is 2. The summed E-state index contributed by atoms with van der Waals surface area (Å²) in [4.78, 5) is 27.7. The molecule has 1 unspecified atom stereocenters. The van der Waals surface area contributed by atoms with Crippen LogP contribution in [0.3, 0.4) is 0 Å². The van der Waals surface area contributed by atoms with Crippen molar-refractivity contribution in [1.82, 2.24) is 14.8 Å². The number of piperidine rings is 1. The minimum Gasteiger partial charge on any atom is -0.480 e. The van der Waals surface area contributed by atoms with Crippen LogP contribution < -0.4 is 5.32 Å². The summed E-state index contributed by atoms with van der Waals surface area (Å²) in [5, 5.41) is 23.1. The van der Waals surface area contributed by atoms with Gasteiger partial charge in [-0.15, -0.1) is 0 Å². The fourth-order valence-corrected chi connectivity index (χ4v) is 6.05. The Labute approximate surface area is 181 Å². The first-order valence-electron chi connectivity index (χ1n) is 11.2. The molecule has 0 spiro atoms. The second-order valence-electron chi connectivity index (χ2n) is 9.15. The van der Waals surface area contributed by atoms with Crippen molar-refractivity contribution in [3.05, 3.63) is 41.6 Å². The number of aromatic nitrogens is 1. The first-order valence-corrected chi connectivity index (χ1v) is 11.2. The number of para-hydroxylation sites is 1. The molecule has 1 aromatic carbocycles. The molecule has 0 saturated carbocycles. The van der Waals surface area contributed by atoms with Crippen LogP contribution in [-0.2, 0) is 16.0 Å². The summed E-state index contributed by atoms with van der Waals surface area (Å²) in [5.41, 5.74) is 3.79. The maximum atomic E-state index is 13.5. The van der Waals surface area contributed by atoms with E-state index in [0.29, 0.717) is 5.70 Å². The molecule has 5 rings (SSSR count). The zero-order chi connectivity index (χ0) is 21.9. The van der Waals surface area contributed by atoms with Crippen LogP contribution in [-0.4, -0.2) is 56.8 Å². The predicted octanol–water partition coefficient (Wildman–Crippen LogP) is 2.54. The van der Waals surface area contributed by atoms with Crippen LogP contribution in [0.15, 0.2) is 30.3 Å². The number of aliphatic carboxylic acids is 1. The minimum absolute atomic E-state index is 0.159. The molecule has 1 saturated heterocycles. The number of aliphatic hydroxyl groups is 1. The SMILES string of the molecule is CC[C@@]12C=C(C(=O)N[C@H](C(=O)O)C(C)O)n3c4c(c5ccccc53)CCN(CCC1)[C@H]42. The third-order valence-electron chi connectivity index (χ3n) is 7.52.